The van der Waals surface area contributed by atoms with Crippen LogP contribution in [0.4, 0.5) is 5.69 Å². The SMILES string of the molecule is C=C(Cc1ccc(N)cc1)N1C[C@@H](C)C[C@H]1CCc1ccc(C)cc1. The van der Waals surface area contributed by atoms with Gasteiger partial charge in [-0.2, -0.15) is 0 Å². The first-order chi connectivity index (χ1) is 12.0. The van der Waals surface area contributed by atoms with Crippen molar-refractivity contribution in [3.63, 3.8) is 0 Å². The van der Waals surface area contributed by atoms with E-state index in [0.29, 0.717) is 6.04 Å². The average Bonchev–Trinajstić information content (AvgIpc) is 2.97. The molecule has 0 bridgehead atoms. The summed E-state index contributed by atoms with van der Waals surface area (Å²) in [6, 6.07) is 17.7. The summed E-state index contributed by atoms with van der Waals surface area (Å²) in [7, 11) is 0. The fraction of sp³-hybridized carbons (Fsp3) is 0.391. The monoisotopic (exact) mass is 334 g/mol. The number of likely N-dealkylation sites (tertiary alicyclic amines) is 1. The quantitative estimate of drug-likeness (QED) is 0.755. The topological polar surface area (TPSA) is 29.3 Å². The maximum atomic E-state index is 5.79. The minimum atomic E-state index is 0.609. The Morgan fingerprint density at radius 2 is 1.72 bits per heavy atom. The van der Waals surface area contributed by atoms with Crippen LogP contribution in [0.5, 0.6) is 0 Å². The van der Waals surface area contributed by atoms with Crippen molar-refractivity contribution < 1.29 is 0 Å². The van der Waals surface area contributed by atoms with Crippen LogP contribution in [0.25, 0.3) is 0 Å². The first-order valence-electron chi connectivity index (χ1n) is 9.35. The molecule has 25 heavy (non-hydrogen) atoms. The molecule has 2 nitrogen and oxygen atoms in total. The number of nitrogens with two attached hydrogens (primary N) is 1. The zero-order chi connectivity index (χ0) is 17.8. The Hall–Kier alpha value is -2.22. The molecule has 1 aliphatic heterocycles. The summed E-state index contributed by atoms with van der Waals surface area (Å²) in [5.74, 6) is 0.742. The van der Waals surface area contributed by atoms with Gasteiger partial charge in [0.15, 0.2) is 0 Å². The van der Waals surface area contributed by atoms with E-state index in [9.17, 15) is 0 Å². The van der Waals surface area contributed by atoms with Crippen molar-refractivity contribution >= 4 is 5.69 Å². The number of hydrogen-bond acceptors (Lipinski definition) is 2. The van der Waals surface area contributed by atoms with Gasteiger partial charge in [0.25, 0.3) is 0 Å². The van der Waals surface area contributed by atoms with Gasteiger partial charge in [-0.05, 0) is 55.4 Å². The van der Waals surface area contributed by atoms with E-state index in [1.807, 2.05) is 12.1 Å². The number of nitrogens with zero attached hydrogens (tertiary/aromatic N) is 1. The van der Waals surface area contributed by atoms with Crippen LogP contribution in [-0.4, -0.2) is 17.5 Å². The fourth-order valence-corrected chi connectivity index (χ4v) is 3.87. The molecule has 0 radical (unpaired) electrons. The second-order valence-electron chi connectivity index (χ2n) is 7.66. The van der Waals surface area contributed by atoms with Gasteiger partial charge in [-0.1, -0.05) is 55.5 Å². The molecule has 1 heterocycles. The van der Waals surface area contributed by atoms with Crippen molar-refractivity contribution in [1.29, 1.82) is 0 Å². The molecule has 0 saturated carbocycles. The van der Waals surface area contributed by atoms with Gasteiger partial charge in [0, 0.05) is 30.4 Å². The third kappa shape index (κ3) is 4.66. The lowest BCUT2D eigenvalue weighted by atomic mass is 10.00. The van der Waals surface area contributed by atoms with Crippen LogP contribution in [0.1, 0.15) is 36.5 Å². The Morgan fingerprint density at radius 3 is 2.40 bits per heavy atom. The predicted octanol–water partition coefficient (Wildman–Crippen LogP) is 4.98. The minimum Gasteiger partial charge on any atom is -0.399 e. The average molecular weight is 335 g/mol. The van der Waals surface area contributed by atoms with Gasteiger partial charge < -0.3 is 10.6 Å². The Kier molecular flexibility index (Phi) is 5.47. The number of rotatable bonds is 6. The summed E-state index contributed by atoms with van der Waals surface area (Å²) in [5, 5.41) is 0. The van der Waals surface area contributed by atoms with Crippen molar-refractivity contribution in [2.24, 2.45) is 5.92 Å². The first kappa shape index (κ1) is 17.6. The summed E-state index contributed by atoms with van der Waals surface area (Å²) >= 11 is 0. The molecule has 1 saturated heterocycles. The molecule has 0 aliphatic carbocycles. The van der Waals surface area contributed by atoms with E-state index in [-0.39, 0.29) is 0 Å². The van der Waals surface area contributed by atoms with E-state index in [2.05, 4.69) is 61.7 Å². The lowest BCUT2D eigenvalue weighted by molar-refractivity contribution is 0.299. The van der Waals surface area contributed by atoms with Gasteiger partial charge in [-0.25, -0.2) is 0 Å². The van der Waals surface area contributed by atoms with E-state index in [4.69, 9.17) is 5.73 Å². The van der Waals surface area contributed by atoms with E-state index in [0.717, 1.165) is 31.0 Å². The van der Waals surface area contributed by atoms with E-state index in [1.54, 1.807) is 0 Å². The third-order valence-electron chi connectivity index (χ3n) is 5.30. The lowest BCUT2D eigenvalue weighted by Crippen LogP contribution is -2.29. The molecule has 0 amide bonds. The molecule has 132 valence electrons. The molecule has 1 fully saturated rings. The van der Waals surface area contributed by atoms with Crippen molar-refractivity contribution in [2.75, 3.05) is 12.3 Å². The summed E-state index contributed by atoms with van der Waals surface area (Å²) in [6.45, 7) is 10.0. The molecule has 2 heteroatoms. The largest absolute Gasteiger partial charge is 0.399 e. The molecule has 0 spiro atoms. The van der Waals surface area contributed by atoms with Gasteiger partial charge in [0.05, 0.1) is 0 Å². The first-order valence-corrected chi connectivity index (χ1v) is 9.35. The summed E-state index contributed by atoms with van der Waals surface area (Å²) in [5.41, 5.74) is 11.9. The molecule has 2 atom stereocenters. The van der Waals surface area contributed by atoms with Gasteiger partial charge >= 0.3 is 0 Å². The van der Waals surface area contributed by atoms with Crippen LogP contribution < -0.4 is 5.73 Å². The van der Waals surface area contributed by atoms with Crippen LogP contribution >= 0.6 is 0 Å². The highest BCUT2D eigenvalue weighted by molar-refractivity contribution is 5.40. The molecule has 0 unspecified atom stereocenters. The van der Waals surface area contributed by atoms with Crippen molar-refractivity contribution in [3.8, 4) is 0 Å². The fourth-order valence-electron chi connectivity index (χ4n) is 3.87. The van der Waals surface area contributed by atoms with E-state index in [1.165, 1.54) is 35.2 Å². The van der Waals surface area contributed by atoms with E-state index < -0.39 is 0 Å². The molecule has 3 rings (SSSR count). The molecule has 0 aromatic heterocycles. The molecule has 2 aromatic carbocycles. The number of benzene rings is 2. The van der Waals surface area contributed by atoms with Gasteiger partial charge in [0.1, 0.15) is 0 Å². The minimum absolute atomic E-state index is 0.609. The standard InChI is InChI=1S/C23H30N2/c1-17-4-6-20(7-5-17)10-13-23-14-18(2)16-25(23)19(3)15-21-8-11-22(24)12-9-21/h4-9,11-12,18,23H,3,10,13-16,24H2,1-2H3/t18-,23+/m0/s1. The third-order valence-corrected chi connectivity index (χ3v) is 5.30. The van der Waals surface area contributed by atoms with Crippen molar-refractivity contribution in [1.82, 2.24) is 4.90 Å². The molecular formula is C23H30N2. The van der Waals surface area contributed by atoms with Gasteiger partial charge in [0.2, 0.25) is 0 Å². The Morgan fingerprint density at radius 1 is 1.08 bits per heavy atom. The predicted molar refractivity (Wildman–Crippen MR) is 107 cm³/mol. The summed E-state index contributed by atoms with van der Waals surface area (Å²) in [6.07, 6.45) is 4.53. The maximum Gasteiger partial charge on any atom is 0.0314 e. The molecular weight excluding hydrogens is 304 g/mol. The van der Waals surface area contributed by atoms with Gasteiger partial charge in [-0.15, -0.1) is 0 Å². The lowest BCUT2D eigenvalue weighted by Gasteiger charge is -2.29. The Balaban J connectivity index is 1.61. The molecule has 1 aliphatic rings. The van der Waals surface area contributed by atoms with Gasteiger partial charge in [-0.3, -0.25) is 0 Å². The number of hydrogen-bond donors (Lipinski definition) is 1. The number of allylic oxidation sites excluding steroid dienone is 1. The number of aryl methyl sites for hydroxylation is 2. The molecule has 2 aromatic rings. The van der Waals surface area contributed by atoms with Crippen molar-refractivity contribution in [2.45, 2.75) is 45.6 Å². The Bertz CT molecular complexity index is 700. The smallest absolute Gasteiger partial charge is 0.0314 e. The highest BCUT2D eigenvalue weighted by Crippen LogP contribution is 2.30. The van der Waals surface area contributed by atoms with Crippen LogP contribution in [0, 0.1) is 12.8 Å². The van der Waals surface area contributed by atoms with Crippen LogP contribution in [0.2, 0.25) is 0 Å². The van der Waals surface area contributed by atoms with Crippen LogP contribution in [-0.2, 0) is 12.8 Å². The Labute approximate surface area is 152 Å². The maximum absolute atomic E-state index is 5.79. The zero-order valence-corrected chi connectivity index (χ0v) is 15.5. The van der Waals surface area contributed by atoms with E-state index >= 15 is 0 Å². The summed E-state index contributed by atoms with van der Waals surface area (Å²) in [4.78, 5) is 2.55. The van der Waals surface area contributed by atoms with Crippen LogP contribution in [0.3, 0.4) is 0 Å². The molecule has 2 N–H and O–H groups in total. The second-order valence-corrected chi connectivity index (χ2v) is 7.66. The van der Waals surface area contributed by atoms with Crippen LogP contribution in [0.15, 0.2) is 60.8 Å². The normalized spacial score (nSPS) is 20.0. The zero-order valence-electron chi connectivity index (χ0n) is 15.5. The highest BCUT2D eigenvalue weighted by Gasteiger charge is 2.29. The highest BCUT2D eigenvalue weighted by atomic mass is 15.2. The van der Waals surface area contributed by atoms with Crippen molar-refractivity contribution in [3.05, 3.63) is 77.5 Å². The summed E-state index contributed by atoms with van der Waals surface area (Å²) < 4.78 is 0. The number of nitrogen functional groups attached to an aromatic ring is 1. The number of anilines is 1. The second kappa shape index (κ2) is 7.77.